The zero-order valence-corrected chi connectivity index (χ0v) is 10.9. The number of pyridine rings is 1. The van der Waals surface area contributed by atoms with E-state index in [-0.39, 0.29) is 6.42 Å². The highest BCUT2D eigenvalue weighted by Crippen LogP contribution is 2.27. The van der Waals surface area contributed by atoms with Crippen molar-refractivity contribution in [1.82, 2.24) is 10.3 Å². The summed E-state index contributed by atoms with van der Waals surface area (Å²) in [6.07, 6.45) is -1.18. The van der Waals surface area contributed by atoms with Gasteiger partial charge in [-0.05, 0) is 17.5 Å². The van der Waals surface area contributed by atoms with E-state index in [4.69, 9.17) is 0 Å². The minimum absolute atomic E-state index is 0.100. The highest BCUT2D eigenvalue weighted by atomic mass is 19.4. The first-order valence-electron chi connectivity index (χ1n) is 6.09. The number of halogens is 3. The van der Waals surface area contributed by atoms with Crippen LogP contribution in [0.3, 0.4) is 0 Å². The molecule has 0 aliphatic rings. The van der Waals surface area contributed by atoms with Crippen molar-refractivity contribution in [2.75, 3.05) is 0 Å². The fraction of sp³-hybridized carbons (Fsp3) is 0.538. The van der Waals surface area contributed by atoms with E-state index in [1.807, 2.05) is 0 Å². The molecule has 0 radical (unpaired) electrons. The van der Waals surface area contributed by atoms with Crippen LogP contribution in [0.2, 0.25) is 0 Å². The van der Waals surface area contributed by atoms with Crippen LogP contribution < -0.4 is 5.32 Å². The van der Waals surface area contributed by atoms with E-state index in [0.717, 1.165) is 0 Å². The van der Waals surface area contributed by atoms with Crippen LogP contribution in [0.25, 0.3) is 0 Å². The quantitative estimate of drug-likeness (QED) is 0.897. The average molecular weight is 274 g/mol. The summed E-state index contributed by atoms with van der Waals surface area (Å²) in [5.41, 5.74) is 0.588. The van der Waals surface area contributed by atoms with Crippen LogP contribution in [-0.4, -0.2) is 23.1 Å². The van der Waals surface area contributed by atoms with Gasteiger partial charge in [-0.25, -0.2) is 0 Å². The van der Waals surface area contributed by atoms with Gasteiger partial charge in [0.1, 0.15) is 6.04 Å². The second-order valence-corrected chi connectivity index (χ2v) is 4.51. The molecule has 6 heteroatoms. The molecule has 1 aromatic rings. The molecule has 0 aliphatic carbocycles. The van der Waals surface area contributed by atoms with Crippen molar-refractivity contribution in [2.24, 2.45) is 5.92 Å². The second kappa shape index (κ2) is 6.54. The molecule has 0 saturated carbocycles. The summed E-state index contributed by atoms with van der Waals surface area (Å²) >= 11 is 0. The first kappa shape index (κ1) is 15.5. The molecule has 0 spiro atoms. The van der Waals surface area contributed by atoms with E-state index in [1.165, 1.54) is 13.1 Å². The van der Waals surface area contributed by atoms with Crippen molar-refractivity contribution in [2.45, 2.75) is 38.9 Å². The Balaban J connectivity index is 2.67. The first-order valence-corrected chi connectivity index (χ1v) is 6.09. The molecule has 1 heterocycles. The van der Waals surface area contributed by atoms with Crippen LogP contribution in [-0.2, 0) is 11.2 Å². The molecule has 106 valence electrons. The number of aromatic nitrogens is 1. The lowest BCUT2D eigenvalue weighted by Crippen LogP contribution is -2.49. The van der Waals surface area contributed by atoms with Crippen LogP contribution in [0.1, 0.15) is 25.8 Å². The fourth-order valence-corrected chi connectivity index (χ4v) is 1.69. The van der Waals surface area contributed by atoms with E-state index in [2.05, 4.69) is 10.3 Å². The molecule has 0 aliphatic heterocycles. The first-order chi connectivity index (χ1) is 8.84. The number of nitrogens with zero attached hydrogens (tertiary/aromatic N) is 1. The monoisotopic (exact) mass is 274 g/mol. The van der Waals surface area contributed by atoms with Gasteiger partial charge >= 0.3 is 6.18 Å². The lowest BCUT2D eigenvalue weighted by Gasteiger charge is -2.26. The Kier molecular flexibility index (Phi) is 5.32. The van der Waals surface area contributed by atoms with Gasteiger partial charge in [-0.15, -0.1) is 0 Å². The van der Waals surface area contributed by atoms with Gasteiger partial charge in [-0.2, -0.15) is 13.2 Å². The largest absolute Gasteiger partial charge is 0.408 e. The standard InChI is InChI=1S/C13H17F3N2O/c1-3-9(2)12(13(14,15)16)18-11(19)7-10-5-4-6-17-8-10/h4-6,8-9,12H,3,7H2,1-2H3,(H,18,19). The summed E-state index contributed by atoms with van der Waals surface area (Å²) in [5, 5.41) is 2.06. The minimum Gasteiger partial charge on any atom is -0.344 e. The Morgan fingerprint density at radius 1 is 1.47 bits per heavy atom. The Hall–Kier alpha value is -1.59. The van der Waals surface area contributed by atoms with Gasteiger partial charge in [0.05, 0.1) is 6.42 Å². The van der Waals surface area contributed by atoms with Crippen LogP contribution in [0.4, 0.5) is 13.2 Å². The Morgan fingerprint density at radius 3 is 2.63 bits per heavy atom. The van der Waals surface area contributed by atoms with Crippen molar-refractivity contribution in [3.63, 3.8) is 0 Å². The normalized spacial score (nSPS) is 14.8. The zero-order valence-electron chi connectivity index (χ0n) is 10.9. The molecule has 1 rings (SSSR count). The van der Waals surface area contributed by atoms with Crippen LogP contribution >= 0.6 is 0 Å². The number of nitrogens with one attached hydrogen (secondary N) is 1. The molecule has 1 N–H and O–H groups in total. The van der Waals surface area contributed by atoms with Gasteiger partial charge in [0.25, 0.3) is 0 Å². The third-order valence-electron chi connectivity index (χ3n) is 2.97. The smallest absolute Gasteiger partial charge is 0.344 e. The van der Waals surface area contributed by atoms with Crippen LogP contribution in [0.15, 0.2) is 24.5 Å². The fourth-order valence-electron chi connectivity index (χ4n) is 1.69. The summed E-state index contributed by atoms with van der Waals surface area (Å²) in [6.45, 7) is 3.14. The van der Waals surface area contributed by atoms with Crippen molar-refractivity contribution >= 4 is 5.91 Å². The van der Waals surface area contributed by atoms with Gasteiger partial charge in [0.2, 0.25) is 5.91 Å². The van der Waals surface area contributed by atoms with Gasteiger partial charge in [-0.3, -0.25) is 9.78 Å². The van der Waals surface area contributed by atoms with E-state index in [0.29, 0.717) is 12.0 Å². The molecule has 0 fully saturated rings. The van der Waals surface area contributed by atoms with Gasteiger partial charge in [-0.1, -0.05) is 26.3 Å². The van der Waals surface area contributed by atoms with Crippen molar-refractivity contribution in [3.8, 4) is 0 Å². The maximum atomic E-state index is 12.8. The lowest BCUT2D eigenvalue weighted by molar-refractivity contribution is -0.171. The molecule has 0 bridgehead atoms. The highest BCUT2D eigenvalue weighted by molar-refractivity contribution is 5.78. The zero-order chi connectivity index (χ0) is 14.5. The second-order valence-electron chi connectivity index (χ2n) is 4.51. The van der Waals surface area contributed by atoms with Crippen molar-refractivity contribution in [1.29, 1.82) is 0 Å². The average Bonchev–Trinajstić information content (AvgIpc) is 2.35. The number of carbonyl (C=O) groups is 1. The Morgan fingerprint density at radius 2 is 2.16 bits per heavy atom. The number of hydrogen-bond donors (Lipinski definition) is 1. The number of rotatable bonds is 5. The summed E-state index contributed by atoms with van der Waals surface area (Å²) < 4.78 is 38.5. The molecule has 1 amide bonds. The van der Waals surface area contributed by atoms with E-state index in [9.17, 15) is 18.0 Å². The Bertz CT molecular complexity index is 406. The molecule has 19 heavy (non-hydrogen) atoms. The molecule has 0 saturated heterocycles. The third kappa shape index (κ3) is 4.89. The molecule has 0 aromatic carbocycles. The molecule has 2 unspecified atom stereocenters. The van der Waals surface area contributed by atoms with Crippen LogP contribution in [0.5, 0.6) is 0 Å². The summed E-state index contributed by atoms with van der Waals surface area (Å²) in [6, 6.07) is 1.48. The topological polar surface area (TPSA) is 42.0 Å². The van der Waals surface area contributed by atoms with Gasteiger partial charge in [0, 0.05) is 12.4 Å². The van der Waals surface area contributed by atoms with E-state index in [1.54, 1.807) is 25.3 Å². The maximum absolute atomic E-state index is 12.8. The maximum Gasteiger partial charge on any atom is 0.408 e. The Labute approximate surface area is 110 Å². The molecular weight excluding hydrogens is 257 g/mol. The van der Waals surface area contributed by atoms with Gasteiger partial charge < -0.3 is 5.32 Å². The SMILES string of the molecule is CCC(C)C(NC(=O)Cc1cccnc1)C(F)(F)F. The highest BCUT2D eigenvalue weighted by Gasteiger charge is 2.43. The minimum atomic E-state index is -4.43. The number of carbonyl (C=O) groups excluding carboxylic acids is 1. The number of amides is 1. The van der Waals surface area contributed by atoms with Crippen molar-refractivity contribution < 1.29 is 18.0 Å². The molecule has 1 aromatic heterocycles. The lowest BCUT2D eigenvalue weighted by atomic mass is 9.98. The van der Waals surface area contributed by atoms with Crippen LogP contribution in [0, 0.1) is 5.92 Å². The summed E-state index contributed by atoms with van der Waals surface area (Å²) in [7, 11) is 0. The summed E-state index contributed by atoms with van der Waals surface area (Å²) in [4.78, 5) is 15.5. The van der Waals surface area contributed by atoms with E-state index >= 15 is 0 Å². The molecule has 2 atom stereocenters. The van der Waals surface area contributed by atoms with Gasteiger partial charge in [0.15, 0.2) is 0 Å². The number of hydrogen-bond acceptors (Lipinski definition) is 2. The predicted octanol–water partition coefficient (Wildman–Crippen LogP) is 2.72. The molecule has 3 nitrogen and oxygen atoms in total. The predicted molar refractivity (Wildman–Crippen MR) is 65.4 cm³/mol. The third-order valence-corrected chi connectivity index (χ3v) is 2.97. The molecular formula is C13H17F3N2O. The number of alkyl halides is 3. The van der Waals surface area contributed by atoms with Crippen molar-refractivity contribution in [3.05, 3.63) is 30.1 Å². The van der Waals surface area contributed by atoms with E-state index < -0.39 is 24.0 Å². The summed E-state index contributed by atoms with van der Waals surface area (Å²) in [5.74, 6) is -1.30.